The highest BCUT2D eigenvalue weighted by Crippen LogP contribution is 2.49. The molecule has 2 fully saturated rings. The van der Waals surface area contributed by atoms with E-state index >= 15 is 0 Å². The fraction of sp³-hybridized carbons (Fsp3) is 0.545. The van der Waals surface area contributed by atoms with Gasteiger partial charge in [0.25, 0.3) is 0 Å². The predicted octanol–water partition coefficient (Wildman–Crippen LogP) is 4.27. The van der Waals surface area contributed by atoms with Gasteiger partial charge in [-0.2, -0.15) is 5.10 Å². The van der Waals surface area contributed by atoms with Crippen LogP contribution in [0.3, 0.4) is 0 Å². The molecule has 0 unspecified atom stereocenters. The van der Waals surface area contributed by atoms with E-state index in [2.05, 4.69) is 19.1 Å². The van der Waals surface area contributed by atoms with E-state index in [-0.39, 0.29) is 5.91 Å². The summed E-state index contributed by atoms with van der Waals surface area (Å²) in [5.74, 6) is 2.62. The van der Waals surface area contributed by atoms with Crippen LogP contribution in [0.4, 0.5) is 0 Å². The van der Waals surface area contributed by atoms with Crippen molar-refractivity contribution in [1.29, 1.82) is 0 Å². The molecule has 3 atom stereocenters. The molecule has 0 saturated heterocycles. The molecule has 2 aliphatic carbocycles. The molecular formula is C22H29N3O. The summed E-state index contributed by atoms with van der Waals surface area (Å²) in [6, 6.07) is 10.2. The molecule has 4 nitrogen and oxygen atoms in total. The van der Waals surface area contributed by atoms with Gasteiger partial charge < -0.3 is 4.90 Å². The number of aromatic nitrogens is 2. The highest BCUT2D eigenvalue weighted by molar-refractivity contribution is 5.76. The predicted molar refractivity (Wildman–Crippen MR) is 103 cm³/mol. The molecule has 1 amide bonds. The first-order valence-electron chi connectivity index (χ1n) is 9.87. The molecule has 26 heavy (non-hydrogen) atoms. The number of hydrogen-bond acceptors (Lipinski definition) is 2. The quantitative estimate of drug-likeness (QED) is 0.807. The SMILES string of the molecule is Cc1nn(-c2ccccc2)c(C)c1CN(C)C(=O)C[C@H]1C[C@H]2CC[C@@H]1C2. The lowest BCUT2D eigenvalue weighted by atomic mass is 9.86. The van der Waals surface area contributed by atoms with Crippen LogP contribution < -0.4 is 0 Å². The van der Waals surface area contributed by atoms with Crippen molar-refractivity contribution in [1.82, 2.24) is 14.7 Å². The standard InChI is InChI=1S/C22H29N3O/c1-15-21(16(2)25(23-15)20-7-5-4-6-8-20)14-24(3)22(26)13-19-12-17-9-10-18(19)11-17/h4-8,17-19H,9-14H2,1-3H3/t17-,18+,19+/m0/s1. The third-order valence-corrected chi connectivity index (χ3v) is 6.58. The molecule has 0 N–H and O–H groups in total. The number of carbonyl (C=O) groups is 1. The molecule has 2 bridgehead atoms. The van der Waals surface area contributed by atoms with Crippen LogP contribution in [0.25, 0.3) is 5.69 Å². The summed E-state index contributed by atoms with van der Waals surface area (Å²) in [5, 5.41) is 4.71. The fourth-order valence-corrected chi connectivity index (χ4v) is 5.06. The van der Waals surface area contributed by atoms with Crippen molar-refractivity contribution >= 4 is 5.91 Å². The van der Waals surface area contributed by atoms with E-state index in [1.165, 1.54) is 25.7 Å². The van der Waals surface area contributed by atoms with Gasteiger partial charge in [0.2, 0.25) is 5.91 Å². The lowest BCUT2D eigenvalue weighted by Gasteiger charge is -2.24. The maximum atomic E-state index is 12.8. The Morgan fingerprint density at radius 3 is 2.62 bits per heavy atom. The molecule has 4 heteroatoms. The molecule has 4 rings (SSSR count). The van der Waals surface area contributed by atoms with E-state index < -0.39 is 0 Å². The molecule has 0 spiro atoms. The minimum Gasteiger partial charge on any atom is -0.341 e. The van der Waals surface area contributed by atoms with Crippen molar-refractivity contribution in [2.24, 2.45) is 17.8 Å². The van der Waals surface area contributed by atoms with Gasteiger partial charge in [-0.25, -0.2) is 4.68 Å². The van der Waals surface area contributed by atoms with Crippen molar-refractivity contribution in [3.8, 4) is 5.69 Å². The van der Waals surface area contributed by atoms with Gasteiger partial charge in [-0.1, -0.05) is 24.6 Å². The summed E-state index contributed by atoms with van der Waals surface area (Å²) in [7, 11) is 1.94. The van der Waals surface area contributed by atoms with Crippen molar-refractivity contribution in [3.05, 3.63) is 47.3 Å². The largest absolute Gasteiger partial charge is 0.341 e. The second kappa shape index (κ2) is 6.90. The van der Waals surface area contributed by atoms with E-state index in [0.29, 0.717) is 12.5 Å². The molecule has 0 aliphatic heterocycles. The smallest absolute Gasteiger partial charge is 0.222 e. The van der Waals surface area contributed by atoms with Gasteiger partial charge in [-0.05, 0) is 63.0 Å². The Kier molecular flexibility index (Phi) is 4.60. The molecule has 1 aromatic carbocycles. The topological polar surface area (TPSA) is 38.1 Å². The van der Waals surface area contributed by atoms with Gasteiger partial charge in [0.1, 0.15) is 0 Å². The lowest BCUT2D eigenvalue weighted by Crippen LogP contribution is -2.29. The average molecular weight is 351 g/mol. The number of nitrogens with zero attached hydrogens (tertiary/aromatic N) is 3. The fourth-order valence-electron chi connectivity index (χ4n) is 5.06. The number of para-hydroxylation sites is 1. The van der Waals surface area contributed by atoms with Gasteiger partial charge >= 0.3 is 0 Å². The second-order valence-electron chi connectivity index (χ2n) is 8.29. The third-order valence-electron chi connectivity index (χ3n) is 6.58. The number of rotatable bonds is 5. The van der Waals surface area contributed by atoms with Gasteiger partial charge in [0.05, 0.1) is 11.4 Å². The van der Waals surface area contributed by atoms with Crippen LogP contribution in [0.1, 0.15) is 49.1 Å². The average Bonchev–Trinajstić information content (AvgIpc) is 3.33. The van der Waals surface area contributed by atoms with E-state index in [0.717, 1.165) is 40.9 Å². The first kappa shape index (κ1) is 17.3. The van der Waals surface area contributed by atoms with Crippen LogP contribution in [-0.4, -0.2) is 27.6 Å². The monoisotopic (exact) mass is 351 g/mol. The highest BCUT2D eigenvalue weighted by atomic mass is 16.2. The third kappa shape index (κ3) is 3.17. The number of fused-ring (bicyclic) bond motifs is 2. The maximum Gasteiger partial charge on any atom is 0.222 e. The van der Waals surface area contributed by atoms with E-state index in [1.807, 2.05) is 41.8 Å². The zero-order valence-electron chi connectivity index (χ0n) is 16.1. The summed E-state index contributed by atoms with van der Waals surface area (Å²) in [4.78, 5) is 14.7. The first-order valence-corrected chi connectivity index (χ1v) is 9.87. The Hall–Kier alpha value is -2.10. The summed E-state index contributed by atoms with van der Waals surface area (Å²) in [5.41, 5.74) is 4.35. The molecule has 2 saturated carbocycles. The summed E-state index contributed by atoms with van der Waals surface area (Å²) >= 11 is 0. The van der Waals surface area contributed by atoms with Crippen molar-refractivity contribution < 1.29 is 4.79 Å². The minimum atomic E-state index is 0.286. The van der Waals surface area contributed by atoms with Crippen LogP contribution >= 0.6 is 0 Å². The maximum absolute atomic E-state index is 12.8. The molecule has 0 radical (unpaired) electrons. The molecule has 1 aromatic heterocycles. The van der Waals surface area contributed by atoms with Gasteiger partial charge in [-0.3, -0.25) is 4.79 Å². The Morgan fingerprint density at radius 1 is 1.19 bits per heavy atom. The van der Waals surface area contributed by atoms with Crippen molar-refractivity contribution in [3.63, 3.8) is 0 Å². The highest BCUT2D eigenvalue weighted by Gasteiger charge is 2.40. The van der Waals surface area contributed by atoms with Crippen LogP contribution in [0.15, 0.2) is 30.3 Å². The number of benzene rings is 1. The Morgan fingerprint density at radius 2 is 1.96 bits per heavy atom. The Labute approximate surface area is 156 Å². The van der Waals surface area contributed by atoms with Crippen molar-refractivity contribution in [2.75, 3.05) is 7.05 Å². The van der Waals surface area contributed by atoms with Gasteiger partial charge in [-0.15, -0.1) is 0 Å². The van der Waals surface area contributed by atoms with Crippen molar-refractivity contribution in [2.45, 2.75) is 52.5 Å². The molecule has 2 aromatic rings. The van der Waals surface area contributed by atoms with E-state index in [1.54, 1.807) is 0 Å². The molecule has 138 valence electrons. The van der Waals surface area contributed by atoms with Gasteiger partial charge in [0, 0.05) is 31.3 Å². The molecule has 2 aliphatic rings. The van der Waals surface area contributed by atoms with E-state index in [4.69, 9.17) is 5.10 Å². The number of aryl methyl sites for hydroxylation is 1. The normalized spacial score (nSPS) is 24.2. The lowest BCUT2D eigenvalue weighted by molar-refractivity contribution is -0.131. The first-order chi connectivity index (χ1) is 12.5. The zero-order valence-corrected chi connectivity index (χ0v) is 16.1. The summed E-state index contributed by atoms with van der Waals surface area (Å²) in [6.45, 7) is 4.77. The minimum absolute atomic E-state index is 0.286. The zero-order chi connectivity index (χ0) is 18.3. The number of carbonyl (C=O) groups excluding carboxylic acids is 1. The van der Waals surface area contributed by atoms with Crippen LogP contribution in [0.5, 0.6) is 0 Å². The number of hydrogen-bond donors (Lipinski definition) is 0. The van der Waals surface area contributed by atoms with Crippen LogP contribution in [-0.2, 0) is 11.3 Å². The Balaban J connectivity index is 1.45. The second-order valence-corrected chi connectivity index (χ2v) is 8.29. The number of amides is 1. The molecular weight excluding hydrogens is 322 g/mol. The van der Waals surface area contributed by atoms with Crippen LogP contribution in [0, 0.1) is 31.6 Å². The summed E-state index contributed by atoms with van der Waals surface area (Å²) < 4.78 is 1.99. The van der Waals surface area contributed by atoms with Gasteiger partial charge in [0.15, 0.2) is 0 Å². The summed E-state index contributed by atoms with van der Waals surface area (Å²) in [6.07, 6.45) is 6.09. The van der Waals surface area contributed by atoms with E-state index in [9.17, 15) is 4.79 Å². The Bertz CT molecular complexity index is 795. The molecule has 1 heterocycles. The van der Waals surface area contributed by atoms with Crippen LogP contribution in [0.2, 0.25) is 0 Å².